The number of para-hydroxylation sites is 1. The average Bonchev–Trinajstić information content (AvgIpc) is 2.61. The van der Waals surface area contributed by atoms with Crippen molar-refractivity contribution in [2.24, 2.45) is 0 Å². The highest BCUT2D eigenvalue weighted by Crippen LogP contribution is 2.23. The molecule has 3 rings (SSSR count). The van der Waals surface area contributed by atoms with Crippen LogP contribution in [0.15, 0.2) is 66.7 Å². The van der Waals surface area contributed by atoms with Crippen LogP contribution in [0.4, 0.5) is 14.9 Å². The lowest BCUT2D eigenvalue weighted by Crippen LogP contribution is -2.32. The van der Waals surface area contributed by atoms with Crippen LogP contribution in [-0.2, 0) is 0 Å². The maximum Gasteiger partial charge on any atom is 0.319 e. The first-order chi connectivity index (χ1) is 11.6. The summed E-state index contributed by atoms with van der Waals surface area (Å²) in [6.45, 7) is 0.0221. The number of carbonyl (C=O) groups is 1. The first-order valence-electron chi connectivity index (χ1n) is 7.60. The van der Waals surface area contributed by atoms with Crippen molar-refractivity contribution in [3.8, 4) is 0 Å². The number of benzene rings is 3. The summed E-state index contributed by atoms with van der Waals surface area (Å²) in [6.07, 6.45) is -0.859. The Balaban J connectivity index is 1.65. The van der Waals surface area contributed by atoms with Crippen molar-refractivity contribution in [1.82, 2.24) is 5.32 Å². The Morgan fingerprint density at radius 3 is 2.54 bits per heavy atom. The van der Waals surface area contributed by atoms with Crippen LogP contribution >= 0.6 is 0 Å². The van der Waals surface area contributed by atoms with E-state index in [1.165, 1.54) is 12.1 Å². The van der Waals surface area contributed by atoms with E-state index in [-0.39, 0.29) is 12.2 Å². The summed E-state index contributed by atoms with van der Waals surface area (Å²) < 4.78 is 13.5. The molecular weight excluding hydrogens is 307 g/mol. The van der Waals surface area contributed by atoms with E-state index in [2.05, 4.69) is 10.6 Å². The second-order valence-corrected chi connectivity index (χ2v) is 5.40. The van der Waals surface area contributed by atoms with Gasteiger partial charge >= 0.3 is 6.03 Å². The molecule has 0 bridgehead atoms. The van der Waals surface area contributed by atoms with E-state index < -0.39 is 18.0 Å². The molecule has 1 unspecified atom stereocenters. The van der Waals surface area contributed by atoms with Crippen LogP contribution in [0.2, 0.25) is 0 Å². The van der Waals surface area contributed by atoms with Gasteiger partial charge in [-0.2, -0.15) is 0 Å². The van der Waals surface area contributed by atoms with Gasteiger partial charge in [-0.3, -0.25) is 0 Å². The highest BCUT2D eigenvalue weighted by molar-refractivity contribution is 5.89. The van der Waals surface area contributed by atoms with Gasteiger partial charge in [0.05, 0.1) is 11.8 Å². The smallest absolute Gasteiger partial charge is 0.319 e. The summed E-state index contributed by atoms with van der Waals surface area (Å²) in [6, 6.07) is 18.7. The molecule has 0 aliphatic heterocycles. The lowest BCUT2D eigenvalue weighted by Gasteiger charge is -2.15. The van der Waals surface area contributed by atoms with E-state index in [1.807, 2.05) is 42.5 Å². The summed E-state index contributed by atoms with van der Waals surface area (Å²) in [7, 11) is 0. The molecule has 0 fully saturated rings. The SMILES string of the molecule is O=C(NCC(O)c1cccc2ccccc12)Nc1ccccc1F. The third kappa shape index (κ3) is 3.52. The Hall–Kier alpha value is -2.92. The number of aliphatic hydroxyl groups excluding tert-OH is 1. The molecule has 3 N–H and O–H groups in total. The minimum absolute atomic E-state index is 0.0221. The highest BCUT2D eigenvalue weighted by Gasteiger charge is 2.13. The number of hydrogen-bond donors (Lipinski definition) is 3. The standard InChI is InChI=1S/C19H17FN2O2/c20-16-10-3-4-11-17(16)22-19(24)21-12-18(23)15-9-5-7-13-6-1-2-8-14(13)15/h1-11,18,23H,12H2,(H2,21,22,24). The van der Waals surface area contributed by atoms with Crippen LogP contribution in [-0.4, -0.2) is 17.7 Å². The molecular formula is C19H17FN2O2. The van der Waals surface area contributed by atoms with E-state index in [0.717, 1.165) is 16.3 Å². The first kappa shape index (κ1) is 16.0. The van der Waals surface area contributed by atoms with Gasteiger partial charge in [0.25, 0.3) is 0 Å². The third-order valence-corrected chi connectivity index (χ3v) is 3.76. The number of aliphatic hydroxyl groups is 1. The molecule has 2 amide bonds. The fourth-order valence-corrected chi connectivity index (χ4v) is 2.57. The number of fused-ring (bicyclic) bond motifs is 1. The molecule has 3 aromatic carbocycles. The lowest BCUT2D eigenvalue weighted by atomic mass is 10.0. The van der Waals surface area contributed by atoms with Gasteiger partial charge in [-0.1, -0.05) is 54.6 Å². The lowest BCUT2D eigenvalue weighted by molar-refractivity contribution is 0.176. The molecule has 24 heavy (non-hydrogen) atoms. The van der Waals surface area contributed by atoms with Gasteiger partial charge in [-0.05, 0) is 28.5 Å². The van der Waals surface area contributed by atoms with Crippen molar-refractivity contribution in [1.29, 1.82) is 0 Å². The van der Waals surface area contributed by atoms with Gasteiger partial charge in [-0.15, -0.1) is 0 Å². The fourth-order valence-electron chi connectivity index (χ4n) is 2.57. The van der Waals surface area contributed by atoms with Crippen LogP contribution in [0.1, 0.15) is 11.7 Å². The minimum atomic E-state index is -0.859. The number of carbonyl (C=O) groups excluding carboxylic acids is 1. The van der Waals surface area contributed by atoms with Crippen LogP contribution in [0.25, 0.3) is 10.8 Å². The van der Waals surface area contributed by atoms with Gasteiger partial charge in [0.15, 0.2) is 0 Å². The van der Waals surface area contributed by atoms with Crippen LogP contribution in [0.3, 0.4) is 0 Å². The second-order valence-electron chi connectivity index (χ2n) is 5.40. The Morgan fingerprint density at radius 1 is 1.00 bits per heavy atom. The Labute approximate surface area is 138 Å². The van der Waals surface area contributed by atoms with Crippen LogP contribution in [0, 0.1) is 5.82 Å². The van der Waals surface area contributed by atoms with Crippen molar-refractivity contribution in [2.45, 2.75) is 6.10 Å². The summed E-state index contributed by atoms with van der Waals surface area (Å²) >= 11 is 0. The molecule has 0 aliphatic carbocycles. The van der Waals surface area contributed by atoms with Crippen LogP contribution < -0.4 is 10.6 Å². The van der Waals surface area contributed by atoms with Gasteiger partial charge in [0.1, 0.15) is 5.82 Å². The zero-order chi connectivity index (χ0) is 16.9. The zero-order valence-corrected chi connectivity index (χ0v) is 12.9. The van der Waals surface area contributed by atoms with Crippen LogP contribution in [0.5, 0.6) is 0 Å². The van der Waals surface area contributed by atoms with Gasteiger partial charge < -0.3 is 15.7 Å². The van der Waals surface area contributed by atoms with E-state index in [1.54, 1.807) is 12.1 Å². The van der Waals surface area contributed by atoms with E-state index in [0.29, 0.717) is 0 Å². The summed E-state index contributed by atoms with van der Waals surface area (Å²) in [5.74, 6) is -0.512. The predicted octanol–water partition coefficient (Wildman–Crippen LogP) is 3.83. The molecule has 1 atom stereocenters. The van der Waals surface area contributed by atoms with Crippen molar-refractivity contribution in [2.75, 3.05) is 11.9 Å². The van der Waals surface area contributed by atoms with E-state index >= 15 is 0 Å². The molecule has 0 saturated heterocycles. The molecule has 4 nitrogen and oxygen atoms in total. The van der Waals surface area contributed by atoms with Crippen molar-refractivity contribution < 1.29 is 14.3 Å². The normalized spacial score (nSPS) is 11.9. The number of amides is 2. The van der Waals surface area contributed by atoms with E-state index in [9.17, 15) is 14.3 Å². The molecule has 0 aliphatic rings. The molecule has 0 radical (unpaired) electrons. The number of rotatable bonds is 4. The topological polar surface area (TPSA) is 61.4 Å². The number of urea groups is 1. The molecule has 0 heterocycles. The number of anilines is 1. The van der Waals surface area contributed by atoms with Gasteiger partial charge in [0.2, 0.25) is 0 Å². The maximum atomic E-state index is 13.5. The molecule has 0 saturated carbocycles. The van der Waals surface area contributed by atoms with Crippen molar-refractivity contribution in [3.63, 3.8) is 0 Å². The first-order valence-corrected chi connectivity index (χ1v) is 7.60. The molecule has 3 aromatic rings. The Kier molecular flexibility index (Phi) is 4.72. The van der Waals surface area contributed by atoms with E-state index in [4.69, 9.17) is 0 Å². The Bertz CT molecular complexity index is 861. The fraction of sp³-hybridized carbons (Fsp3) is 0.105. The second kappa shape index (κ2) is 7.10. The third-order valence-electron chi connectivity index (χ3n) is 3.76. The highest BCUT2D eigenvalue weighted by atomic mass is 19.1. The Morgan fingerprint density at radius 2 is 1.71 bits per heavy atom. The predicted molar refractivity (Wildman–Crippen MR) is 92.3 cm³/mol. The average molecular weight is 324 g/mol. The molecule has 122 valence electrons. The largest absolute Gasteiger partial charge is 0.387 e. The molecule has 5 heteroatoms. The quantitative estimate of drug-likeness (QED) is 0.683. The van der Waals surface area contributed by atoms with Gasteiger partial charge in [0, 0.05) is 6.54 Å². The monoisotopic (exact) mass is 324 g/mol. The zero-order valence-electron chi connectivity index (χ0n) is 12.9. The number of hydrogen-bond acceptors (Lipinski definition) is 2. The summed E-state index contributed by atoms with van der Waals surface area (Å²) in [5.41, 5.74) is 0.828. The van der Waals surface area contributed by atoms with Crippen molar-refractivity contribution >= 4 is 22.5 Å². The summed E-state index contributed by atoms with van der Waals surface area (Å²) in [5, 5.41) is 17.3. The van der Waals surface area contributed by atoms with Gasteiger partial charge in [-0.25, -0.2) is 9.18 Å². The molecule has 0 spiro atoms. The minimum Gasteiger partial charge on any atom is -0.387 e. The maximum absolute atomic E-state index is 13.5. The number of nitrogens with one attached hydrogen (secondary N) is 2. The summed E-state index contributed by atoms with van der Waals surface area (Å²) in [4.78, 5) is 11.9. The number of halogens is 1. The molecule has 0 aromatic heterocycles. The van der Waals surface area contributed by atoms with Crippen molar-refractivity contribution in [3.05, 3.63) is 78.1 Å².